The average molecular weight is 286 g/mol. The van der Waals surface area contributed by atoms with Gasteiger partial charge in [-0.2, -0.15) is 0 Å². The molecule has 0 radical (unpaired) electrons. The maximum atomic E-state index is 6.18. The van der Waals surface area contributed by atoms with Crippen LogP contribution in [0.4, 0.5) is 0 Å². The van der Waals surface area contributed by atoms with Crippen LogP contribution in [0.5, 0.6) is 0 Å². The summed E-state index contributed by atoms with van der Waals surface area (Å²) >= 11 is 18.2. The van der Waals surface area contributed by atoms with E-state index in [-0.39, 0.29) is 0 Å². The maximum absolute atomic E-state index is 6.18. The minimum absolute atomic E-state index is 0.636. The van der Waals surface area contributed by atoms with Gasteiger partial charge in [-0.15, -0.1) is 0 Å². The molecule has 0 bridgehead atoms. The van der Waals surface area contributed by atoms with Crippen LogP contribution >= 0.6 is 34.8 Å². The molecule has 0 aliphatic rings. The zero-order valence-electron chi connectivity index (χ0n) is 9.31. The van der Waals surface area contributed by atoms with Crippen LogP contribution < -0.4 is 0 Å². The van der Waals surface area contributed by atoms with Crippen LogP contribution in [0, 0.1) is 0 Å². The van der Waals surface area contributed by atoms with E-state index in [2.05, 4.69) is 13.0 Å². The van der Waals surface area contributed by atoms with E-state index in [1.807, 2.05) is 24.3 Å². The molecule has 0 fully saturated rings. The highest BCUT2D eigenvalue weighted by atomic mass is 35.5. The third kappa shape index (κ3) is 2.95. The Morgan fingerprint density at radius 2 is 1.65 bits per heavy atom. The van der Waals surface area contributed by atoms with Crippen molar-refractivity contribution < 1.29 is 0 Å². The zero-order valence-corrected chi connectivity index (χ0v) is 11.6. The molecule has 0 saturated heterocycles. The molecule has 0 spiro atoms. The van der Waals surface area contributed by atoms with Crippen LogP contribution in [0.1, 0.15) is 12.5 Å². The third-order valence-corrected chi connectivity index (χ3v) is 3.37. The summed E-state index contributed by atoms with van der Waals surface area (Å²) in [6.07, 6.45) is 0.943. The molecule has 0 heterocycles. The highest BCUT2D eigenvalue weighted by molar-refractivity contribution is 6.36. The summed E-state index contributed by atoms with van der Waals surface area (Å²) in [5, 5.41) is 2.00. The van der Waals surface area contributed by atoms with Crippen LogP contribution in [0.25, 0.3) is 11.1 Å². The van der Waals surface area contributed by atoms with Gasteiger partial charge in [0.25, 0.3) is 0 Å². The first-order valence-corrected chi connectivity index (χ1v) is 6.48. The predicted molar refractivity (Wildman–Crippen MR) is 76.3 cm³/mol. The summed E-state index contributed by atoms with van der Waals surface area (Å²) in [5.74, 6) is 0. The molecule has 0 aromatic heterocycles. The van der Waals surface area contributed by atoms with E-state index in [9.17, 15) is 0 Å². The molecular weight excluding hydrogens is 275 g/mol. The molecule has 0 N–H and O–H groups in total. The monoisotopic (exact) mass is 284 g/mol. The van der Waals surface area contributed by atoms with Crippen molar-refractivity contribution in [3.63, 3.8) is 0 Å². The molecule has 0 nitrogen and oxygen atoms in total. The van der Waals surface area contributed by atoms with Crippen molar-refractivity contribution >= 4 is 34.8 Å². The molecule has 2 aromatic rings. The Bertz CT molecular complexity index is 547. The number of benzene rings is 2. The summed E-state index contributed by atoms with van der Waals surface area (Å²) < 4.78 is 0. The predicted octanol–water partition coefficient (Wildman–Crippen LogP) is 5.88. The van der Waals surface area contributed by atoms with Crippen molar-refractivity contribution in [2.24, 2.45) is 0 Å². The smallest absolute Gasteiger partial charge is 0.0499 e. The summed E-state index contributed by atoms with van der Waals surface area (Å²) in [5.41, 5.74) is 3.17. The normalized spacial score (nSPS) is 10.6. The first-order chi connectivity index (χ1) is 8.10. The quantitative estimate of drug-likeness (QED) is 0.646. The van der Waals surface area contributed by atoms with Crippen molar-refractivity contribution in [1.29, 1.82) is 0 Å². The first-order valence-electron chi connectivity index (χ1n) is 5.35. The number of aryl methyl sites for hydroxylation is 1. The van der Waals surface area contributed by atoms with Crippen LogP contribution in [0.3, 0.4) is 0 Å². The second-order valence-corrected chi connectivity index (χ2v) is 5.11. The van der Waals surface area contributed by atoms with Gasteiger partial charge >= 0.3 is 0 Å². The van der Waals surface area contributed by atoms with E-state index >= 15 is 0 Å². The Morgan fingerprint density at radius 3 is 2.29 bits per heavy atom. The van der Waals surface area contributed by atoms with Crippen LogP contribution in [-0.2, 0) is 6.42 Å². The number of hydrogen-bond donors (Lipinski definition) is 0. The standard InChI is InChI=1S/C14H11Cl3/c1-2-9-5-10(7-12(16)6-9)13-4-3-11(15)8-14(13)17/h3-8H,2H2,1H3. The van der Waals surface area contributed by atoms with E-state index in [1.54, 1.807) is 6.07 Å². The van der Waals surface area contributed by atoms with Crippen LogP contribution in [0.2, 0.25) is 15.1 Å². The molecule has 0 aliphatic heterocycles. The van der Waals surface area contributed by atoms with Crippen LogP contribution in [-0.4, -0.2) is 0 Å². The van der Waals surface area contributed by atoms with Gasteiger partial charge in [0.2, 0.25) is 0 Å². The molecule has 0 atom stereocenters. The van der Waals surface area contributed by atoms with Crippen molar-refractivity contribution in [1.82, 2.24) is 0 Å². The highest BCUT2D eigenvalue weighted by Gasteiger charge is 2.06. The van der Waals surface area contributed by atoms with Gasteiger partial charge in [0.05, 0.1) is 0 Å². The summed E-state index contributed by atoms with van der Waals surface area (Å²) in [6.45, 7) is 2.10. The molecule has 2 rings (SSSR count). The molecule has 0 amide bonds. The minimum atomic E-state index is 0.636. The first kappa shape index (κ1) is 12.8. The van der Waals surface area contributed by atoms with Gasteiger partial charge in [-0.1, -0.05) is 53.9 Å². The fraction of sp³-hybridized carbons (Fsp3) is 0.143. The van der Waals surface area contributed by atoms with Crippen molar-refractivity contribution in [3.8, 4) is 11.1 Å². The van der Waals surface area contributed by atoms with Gasteiger partial charge in [0.1, 0.15) is 0 Å². The number of hydrogen-bond acceptors (Lipinski definition) is 0. The second kappa shape index (κ2) is 5.30. The fourth-order valence-corrected chi connectivity index (χ4v) is 2.51. The van der Waals surface area contributed by atoms with Gasteiger partial charge in [0, 0.05) is 20.6 Å². The molecule has 88 valence electrons. The molecule has 3 heteroatoms. The molecule has 17 heavy (non-hydrogen) atoms. The Hall–Kier alpha value is -0.690. The largest absolute Gasteiger partial charge is 0.0843 e. The van der Waals surface area contributed by atoms with E-state index in [0.717, 1.165) is 22.6 Å². The topological polar surface area (TPSA) is 0 Å². The van der Waals surface area contributed by atoms with Gasteiger partial charge < -0.3 is 0 Å². The Kier molecular flexibility index (Phi) is 3.98. The minimum Gasteiger partial charge on any atom is -0.0843 e. The lowest BCUT2D eigenvalue weighted by atomic mass is 10.0. The highest BCUT2D eigenvalue weighted by Crippen LogP contribution is 2.32. The van der Waals surface area contributed by atoms with Crippen molar-refractivity contribution in [2.45, 2.75) is 13.3 Å². The molecule has 2 aromatic carbocycles. The summed E-state index contributed by atoms with van der Waals surface area (Å²) in [7, 11) is 0. The van der Waals surface area contributed by atoms with E-state index in [0.29, 0.717) is 10.0 Å². The van der Waals surface area contributed by atoms with Gasteiger partial charge in [-0.25, -0.2) is 0 Å². The van der Waals surface area contributed by atoms with E-state index in [1.165, 1.54) is 5.56 Å². The van der Waals surface area contributed by atoms with E-state index in [4.69, 9.17) is 34.8 Å². The van der Waals surface area contributed by atoms with Crippen LogP contribution in [0.15, 0.2) is 36.4 Å². The summed E-state index contributed by atoms with van der Waals surface area (Å²) in [4.78, 5) is 0. The van der Waals surface area contributed by atoms with Crippen molar-refractivity contribution in [3.05, 3.63) is 57.0 Å². The lowest BCUT2D eigenvalue weighted by molar-refractivity contribution is 1.14. The molecule has 0 unspecified atom stereocenters. The van der Waals surface area contributed by atoms with Gasteiger partial charge in [-0.05, 0) is 41.8 Å². The lowest BCUT2D eigenvalue weighted by Gasteiger charge is -2.08. The average Bonchev–Trinajstić information content (AvgIpc) is 2.28. The Balaban J connectivity index is 2.55. The second-order valence-electron chi connectivity index (χ2n) is 3.83. The van der Waals surface area contributed by atoms with Gasteiger partial charge in [0.15, 0.2) is 0 Å². The van der Waals surface area contributed by atoms with Crippen molar-refractivity contribution in [2.75, 3.05) is 0 Å². The zero-order chi connectivity index (χ0) is 12.4. The lowest BCUT2D eigenvalue weighted by Crippen LogP contribution is -1.85. The van der Waals surface area contributed by atoms with Gasteiger partial charge in [-0.3, -0.25) is 0 Å². The Labute approximate surface area is 116 Å². The molecular formula is C14H11Cl3. The number of halogens is 3. The molecule has 0 aliphatic carbocycles. The SMILES string of the molecule is CCc1cc(Cl)cc(-c2ccc(Cl)cc2Cl)c1. The summed E-state index contributed by atoms with van der Waals surface area (Å²) in [6, 6.07) is 11.5. The van der Waals surface area contributed by atoms with E-state index < -0.39 is 0 Å². The molecule has 0 saturated carbocycles. The number of rotatable bonds is 2. The maximum Gasteiger partial charge on any atom is 0.0499 e. The fourth-order valence-electron chi connectivity index (χ4n) is 1.73. The Morgan fingerprint density at radius 1 is 0.882 bits per heavy atom. The third-order valence-electron chi connectivity index (χ3n) is 2.61.